The van der Waals surface area contributed by atoms with Crippen molar-refractivity contribution in [2.75, 3.05) is 0 Å². The van der Waals surface area contributed by atoms with E-state index in [1.807, 2.05) is 0 Å². The van der Waals surface area contributed by atoms with Crippen molar-refractivity contribution >= 4 is 0 Å². The first-order chi connectivity index (χ1) is 6.54. The molecular formula is C13H21N. The number of hydrogen-bond donors (Lipinski definition) is 0. The van der Waals surface area contributed by atoms with Crippen molar-refractivity contribution in [2.24, 2.45) is 5.92 Å². The molecule has 1 rings (SSSR count). The average molecular weight is 191 g/mol. The van der Waals surface area contributed by atoms with Gasteiger partial charge in [0.1, 0.15) is 0 Å². The van der Waals surface area contributed by atoms with Gasteiger partial charge in [-0.25, -0.2) is 0 Å². The maximum atomic E-state index is 2.36. The molecule has 1 heterocycles. The maximum absolute atomic E-state index is 2.36. The van der Waals surface area contributed by atoms with E-state index in [1.54, 1.807) is 0 Å². The van der Waals surface area contributed by atoms with Crippen molar-refractivity contribution in [3.8, 4) is 0 Å². The van der Waals surface area contributed by atoms with Gasteiger partial charge in [0, 0.05) is 17.9 Å². The van der Waals surface area contributed by atoms with Crippen LogP contribution < -0.4 is 0 Å². The Bertz CT molecular complexity index is 278. The zero-order valence-corrected chi connectivity index (χ0v) is 9.91. The van der Waals surface area contributed by atoms with Gasteiger partial charge >= 0.3 is 0 Å². The Morgan fingerprint density at radius 1 is 1.14 bits per heavy atom. The lowest BCUT2D eigenvalue weighted by molar-refractivity contribution is 0.290. The number of rotatable bonds is 2. The molecule has 0 aromatic rings. The fraction of sp³-hybridized carbons (Fsp3) is 0.538. The smallest absolute Gasteiger partial charge is 0.0394 e. The Balaban J connectivity index is 2.92. The van der Waals surface area contributed by atoms with Gasteiger partial charge in [0.2, 0.25) is 0 Å². The van der Waals surface area contributed by atoms with E-state index in [0.717, 1.165) is 0 Å². The molecule has 1 aliphatic heterocycles. The van der Waals surface area contributed by atoms with Crippen LogP contribution in [-0.2, 0) is 0 Å². The van der Waals surface area contributed by atoms with E-state index in [-0.39, 0.29) is 0 Å². The minimum Gasteiger partial charge on any atom is -0.345 e. The summed E-state index contributed by atoms with van der Waals surface area (Å²) in [6, 6.07) is 0.557. The third-order valence-corrected chi connectivity index (χ3v) is 2.81. The summed E-state index contributed by atoms with van der Waals surface area (Å²) in [6.45, 7) is 11.1. The normalized spacial score (nSPS) is 17.9. The van der Waals surface area contributed by atoms with Gasteiger partial charge in [-0.05, 0) is 38.8 Å². The molecule has 1 atom stereocenters. The summed E-state index contributed by atoms with van der Waals surface area (Å²) in [4.78, 5) is 2.36. The Morgan fingerprint density at radius 2 is 1.79 bits per heavy atom. The molecule has 0 amide bonds. The predicted molar refractivity (Wildman–Crippen MR) is 62.8 cm³/mol. The highest BCUT2D eigenvalue weighted by Gasteiger charge is 2.17. The molecular weight excluding hydrogens is 170 g/mol. The third-order valence-electron chi connectivity index (χ3n) is 2.81. The fourth-order valence-corrected chi connectivity index (χ4v) is 1.56. The summed E-state index contributed by atoms with van der Waals surface area (Å²) < 4.78 is 0. The van der Waals surface area contributed by atoms with E-state index in [4.69, 9.17) is 0 Å². The predicted octanol–water partition coefficient (Wildman–Crippen LogP) is 3.71. The monoisotopic (exact) mass is 191 g/mol. The second-order valence-electron chi connectivity index (χ2n) is 4.48. The van der Waals surface area contributed by atoms with Crippen molar-refractivity contribution in [1.29, 1.82) is 0 Å². The van der Waals surface area contributed by atoms with E-state index >= 15 is 0 Å². The lowest BCUT2D eigenvalue weighted by Gasteiger charge is -2.33. The zero-order chi connectivity index (χ0) is 10.7. The number of nitrogens with zero attached hydrogens (tertiary/aromatic N) is 1. The number of allylic oxidation sites excluding steroid dienone is 4. The van der Waals surface area contributed by atoms with E-state index < -0.39 is 0 Å². The topological polar surface area (TPSA) is 3.24 Å². The van der Waals surface area contributed by atoms with Crippen molar-refractivity contribution in [2.45, 2.75) is 40.7 Å². The van der Waals surface area contributed by atoms with Crippen LogP contribution in [0, 0.1) is 5.92 Å². The molecule has 0 spiro atoms. The summed E-state index contributed by atoms with van der Waals surface area (Å²) in [5.74, 6) is 0.667. The second-order valence-corrected chi connectivity index (χ2v) is 4.48. The molecule has 0 aliphatic carbocycles. The molecule has 0 radical (unpaired) electrons. The highest BCUT2D eigenvalue weighted by Crippen LogP contribution is 2.22. The zero-order valence-electron chi connectivity index (χ0n) is 9.91. The molecule has 0 aromatic heterocycles. The van der Waals surface area contributed by atoms with Crippen molar-refractivity contribution < 1.29 is 0 Å². The van der Waals surface area contributed by atoms with Gasteiger partial charge < -0.3 is 4.90 Å². The van der Waals surface area contributed by atoms with Crippen LogP contribution >= 0.6 is 0 Å². The van der Waals surface area contributed by atoms with E-state index in [9.17, 15) is 0 Å². The minimum absolute atomic E-state index is 0.557. The van der Waals surface area contributed by atoms with Gasteiger partial charge in [0.05, 0.1) is 0 Å². The van der Waals surface area contributed by atoms with Crippen LogP contribution in [0.1, 0.15) is 34.6 Å². The highest BCUT2D eigenvalue weighted by atomic mass is 15.2. The van der Waals surface area contributed by atoms with E-state index in [1.165, 1.54) is 11.3 Å². The fourth-order valence-electron chi connectivity index (χ4n) is 1.56. The van der Waals surface area contributed by atoms with Crippen LogP contribution in [0.3, 0.4) is 0 Å². The van der Waals surface area contributed by atoms with Crippen LogP contribution in [0.2, 0.25) is 0 Å². The van der Waals surface area contributed by atoms with Crippen LogP contribution in [-0.4, -0.2) is 10.9 Å². The van der Waals surface area contributed by atoms with Gasteiger partial charge in [0.15, 0.2) is 0 Å². The van der Waals surface area contributed by atoms with Crippen LogP contribution in [0.25, 0.3) is 0 Å². The molecule has 0 bridgehead atoms. The summed E-state index contributed by atoms with van der Waals surface area (Å²) in [6.07, 6.45) is 8.57. The SMILES string of the molecule is CC(C)=C1C=CC=CN1C(C)C(C)C. The van der Waals surface area contributed by atoms with E-state index in [2.05, 4.69) is 63.9 Å². The molecule has 0 aromatic carbocycles. The first-order valence-corrected chi connectivity index (χ1v) is 5.34. The largest absolute Gasteiger partial charge is 0.345 e. The van der Waals surface area contributed by atoms with Gasteiger partial charge in [-0.2, -0.15) is 0 Å². The van der Waals surface area contributed by atoms with Crippen molar-refractivity contribution in [3.05, 3.63) is 35.7 Å². The highest BCUT2D eigenvalue weighted by molar-refractivity contribution is 5.31. The van der Waals surface area contributed by atoms with Gasteiger partial charge in [-0.15, -0.1) is 0 Å². The first-order valence-electron chi connectivity index (χ1n) is 5.34. The molecule has 1 aliphatic rings. The van der Waals surface area contributed by atoms with Crippen LogP contribution in [0.15, 0.2) is 35.7 Å². The maximum Gasteiger partial charge on any atom is 0.0394 e. The molecule has 1 nitrogen and oxygen atoms in total. The minimum atomic E-state index is 0.557. The summed E-state index contributed by atoms with van der Waals surface area (Å²) in [5, 5.41) is 0. The lowest BCUT2D eigenvalue weighted by Crippen LogP contribution is -2.32. The molecule has 78 valence electrons. The van der Waals surface area contributed by atoms with Crippen LogP contribution in [0.5, 0.6) is 0 Å². The van der Waals surface area contributed by atoms with Crippen molar-refractivity contribution in [1.82, 2.24) is 4.90 Å². The molecule has 0 saturated carbocycles. The van der Waals surface area contributed by atoms with Crippen molar-refractivity contribution in [3.63, 3.8) is 0 Å². The molecule has 1 unspecified atom stereocenters. The summed E-state index contributed by atoms with van der Waals surface area (Å²) in [5.41, 5.74) is 2.71. The molecule has 0 saturated heterocycles. The Labute approximate surface area is 87.8 Å². The average Bonchev–Trinajstić information content (AvgIpc) is 2.16. The molecule has 0 fully saturated rings. The number of hydrogen-bond acceptors (Lipinski definition) is 1. The summed E-state index contributed by atoms with van der Waals surface area (Å²) >= 11 is 0. The third kappa shape index (κ3) is 2.28. The van der Waals surface area contributed by atoms with Gasteiger partial charge in [-0.1, -0.05) is 25.5 Å². The molecule has 1 heteroatoms. The summed E-state index contributed by atoms with van der Waals surface area (Å²) in [7, 11) is 0. The quantitative estimate of drug-likeness (QED) is 0.643. The molecule has 14 heavy (non-hydrogen) atoms. The molecule has 0 N–H and O–H groups in total. The van der Waals surface area contributed by atoms with Gasteiger partial charge in [-0.3, -0.25) is 0 Å². The van der Waals surface area contributed by atoms with Gasteiger partial charge in [0.25, 0.3) is 0 Å². The van der Waals surface area contributed by atoms with E-state index in [0.29, 0.717) is 12.0 Å². The van der Waals surface area contributed by atoms with Crippen LogP contribution in [0.4, 0.5) is 0 Å². The Hall–Kier alpha value is -0.980. The first kappa shape index (κ1) is 11.1. The second kappa shape index (κ2) is 4.50. The standard InChI is InChI=1S/C13H21N/c1-10(2)12(5)14-9-7-6-8-13(14)11(3)4/h6-10,12H,1-5H3. The Kier molecular flexibility index (Phi) is 3.56. The Morgan fingerprint density at radius 3 is 2.29 bits per heavy atom. The lowest BCUT2D eigenvalue weighted by atomic mass is 10.0.